The van der Waals surface area contributed by atoms with Crippen molar-refractivity contribution in [2.75, 3.05) is 18.9 Å². The zero-order valence-electron chi connectivity index (χ0n) is 15.2. The molecule has 0 fully saturated rings. The van der Waals surface area contributed by atoms with Gasteiger partial charge in [-0.3, -0.25) is 9.69 Å². The number of likely N-dealkylation sites (N-methyl/N-ethyl adjacent to an activating group) is 1. The van der Waals surface area contributed by atoms with Crippen LogP contribution in [0, 0.1) is 6.92 Å². The van der Waals surface area contributed by atoms with Gasteiger partial charge in [0.25, 0.3) is 0 Å². The zero-order chi connectivity index (χ0) is 18.4. The molecule has 0 atom stereocenters. The van der Waals surface area contributed by atoms with Crippen LogP contribution in [0.15, 0.2) is 84.9 Å². The second-order valence-corrected chi connectivity index (χ2v) is 6.50. The number of para-hydroxylation sites is 1. The summed E-state index contributed by atoms with van der Waals surface area (Å²) in [4.78, 5) is 14.7. The van der Waals surface area contributed by atoms with Gasteiger partial charge in [0.05, 0.1) is 12.6 Å². The van der Waals surface area contributed by atoms with Gasteiger partial charge in [0.1, 0.15) is 0 Å². The van der Waals surface area contributed by atoms with E-state index in [9.17, 15) is 4.79 Å². The molecule has 26 heavy (non-hydrogen) atoms. The number of benzene rings is 3. The second kappa shape index (κ2) is 8.45. The summed E-state index contributed by atoms with van der Waals surface area (Å²) in [6.45, 7) is 2.30. The molecule has 0 saturated carbocycles. The average molecular weight is 344 g/mol. The summed E-state index contributed by atoms with van der Waals surface area (Å²) in [5.41, 5.74) is 4.27. The lowest BCUT2D eigenvalue weighted by Crippen LogP contribution is -2.34. The van der Waals surface area contributed by atoms with Gasteiger partial charge in [-0.2, -0.15) is 0 Å². The van der Waals surface area contributed by atoms with Gasteiger partial charge in [-0.15, -0.1) is 0 Å². The molecular formula is C23H24N2O. The molecule has 132 valence electrons. The third kappa shape index (κ3) is 4.38. The maximum atomic E-state index is 12.6. The van der Waals surface area contributed by atoms with Crippen LogP contribution in [0.2, 0.25) is 0 Å². The van der Waals surface area contributed by atoms with Crippen LogP contribution in [-0.2, 0) is 4.79 Å². The summed E-state index contributed by atoms with van der Waals surface area (Å²) in [6.07, 6.45) is 0. The molecular weight excluding hydrogens is 320 g/mol. The molecule has 0 bridgehead atoms. The summed E-state index contributed by atoms with van der Waals surface area (Å²) in [5.74, 6) is -0.0151. The van der Waals surface area contributed by atoms with Gasteiger partial charge in [-0.25, -0.2) is 0 Å². The molecule has 1 amide bonds. The summed E-state index contributed by atoms with van der Waals surface area (Å²) in [5, 5.41) is 3.02. The van der Waals surface area contributed by atoms with Crippen molar-refractivity contribution in [3.05, 3.63) is 102 Å². The van der Waals surface area contributed by atoms with E-state index in [4.69, 9.17) is 0 Å². The molecule has 0 saturated heterocycles. The highest BCUT2D eigenvalue weighted by atomic mass is 16.2. The minimum atomic E-state index is -0.0151. The van der Waals surface area contributed by atoms with Crippen LogP contribution in [0.5, 0.6) is 0 Å². The predicted octanol–water partition coefficient (Wildman–Crippen LogP) is 4.65. The number of nitrogens with zero attached hydrogens (tertiary/aromatic N) is 1. The molecule has 0 aliphatic heterocycles. The highest BCUT2D eigenvalue weighted by Crippen LogP contribution is 2.27. The van der Waals surface area contributed by atoms with Crippen molar-refractivity contribution in [1.29, 1.82) is 0 Å². The van der Waals surface area contributed by atoms with E-state index >= 15 is 0 Å². The lowest BCUT2D eigenvalue weighted by Gasteiger charge is -2.28. The van der Waals surface area contributed by atoms with Crippen molar-refractivity contribution in [1.82, 2.24) is 4.90 Å². The fraction of sp³-hybridized carbons (Fsp3) is 0.174. The first-order chi connectivity index (χ1) is 12.6. The lowest BCUT2D eigenvalue weighted by atomic mass is 9.97. The second-order valence-electron chi connectivity index (χ2n) is 6.50. The molecule has 3 rings (SSSR count). The minimum Gasteiger partial charge on any atom is -0.325 e. The molecule has 0 aromatic heterocycles. The number of hydrogen-bond donors (Lipinski definition) is 1. The van der Waals surface area contributed by atoms with Crippen molar-refractivity contribution >= 4 is 11.6 Å². The Hall–Kier alpha value is -2.91. The largest absolute Gasteiger partial charge is 0.325 e. The molecule has 0 aliphatic carbocycles. The van der Waals surface area contributed by atoms with Gasteiger partial charge >= 0.3 is 0 Å². The molecule has 1 N–H and O–H groups in total. The predicted molar refractivity (Wildman–Crippen MR) is 107 cm³/mol. The quantitative estimate of drug-likeness (QED) is 0.706. The Morgan fingerprint density at radius 3 is 1.88 bits per heavy atom. The van der Waals surface area contributed by atoms with E-state index in [0.29, 0.717) is 6.54 Å². The normalized spacial score (nSPS) is 10.9. The third-order valence-corrected chi connectivity index (χ3v) is 4.48. The van der Waals surface area contributed by atoms with Crippen LogP contribution in [0.3, 0.4) is 0 Å². The Kier molecular flexibility index (Phi) is 5.82. The van der Waals surface area contributed by atoms with Gasteiger partial charge in [0.15, 0.2) is 0 Å². The average Bonchev–Trinajstić information content (AvgIpc) is 2.65. The number of aryl methyl sites for hydroxylation is 1. The number of nitrogens with one attached hydrogen (secondary N) is 1. The van der Waals surface area contributed by atoms with Crippen molar-refractivity contribution in [2.24, 2.45) is 0 Å². The third-order valence-electron chi connectivity index (χ3n) is 4.48. The summed E-state index contributed by atoms with van der Waals surface area (Å²) >= 11 is 0. The smallest absolute Gasteiger partial charge is 0.238 e. The molecule has 0 aliphatic rings. The topological polar surface area (TPSA) is 32.3 Å². The maximum Gasteiger partial charge on any atom is 0.238 e. The number of hydrogen-bond acceptors (Lipinski definition) is 2. The number of carbonyl (C=O) groups excluding carboxylic acids is 1. The highest BCUT2D eigenvalue weighted by Gasteiger charge is 2.21. The fourth-order valence-electron chi connectivity index (χ4n) is 3.19. The zero-order valence-corrected chi connectivity index (χ0v) is 15.2. The van der Waals surface area contributed by atoms with Gasteiger partial charge in [-0.1, -0.05) is 78.9 Å². The highest BCUT2D eigenvalue weighted by molar-refractivity contribution is 5.93. The summed E-state index contributed by atoms with van der Waals surface area (Å²) < 4.78 is 0. The van der Waals surface area contributed by atoms with Crippen molar-refractivity contribution in [3.63, 3.8) is 0 Å². The first kappa shape index (κ1) is 17.9. The van der Waals surface area contributed by atoms with Gasteiger partial charge in [-0.05, 0) is 36.7 Å². The van der Waals surface area contributed by atoms with Crippen LogP contribution in [0.4, 0.5) is 5.69 Å². The van der Waals surface area contributed by atoms with Crippen LogP contribution >= 0.6 is 0 Å². The first-order valence-electron chi connectivity index (χ1n) is 8.81. The summed E-state index contributed by atoms with van der Waals surface area (Å²) in [6, 6.07) is 28.4. The van der Waals surface area contributed by atoms with Gasteiger partial charge in [0.2, 0.25) is 5.91 Å². The molecule has 3 nitrogen and oxygen atoms in total. The molecule has 0 spiro atoms. The molecule has 0 radical (unpaired) electrons. The van der Waals surface area contributed by atoms with E-state index in [0.717, 1.165) is 11.3 Å². The maximum absolute atomic E-state index is 12.6. The first-order valence-corrected chi connectivity index (χ1v) is 8.81. The molecule has 3 aromatic rings. The van der Waals surface area contributed by atoms with E-state index in [-0.39, 0.29) is 11.9 Å². The van der Waals surface area contributed by atoms with E-state index in [2.05, 4.69) is 34.5 Å². The Labute approximate surface area is 155 Å². The Morgan fingerprint density at radius 1 is 0.846 bits per heavy atom. The van der Waals surface area contributed by atoms with Crippen LogP contribution < -0.4 is 5.32 Å². The molecule has 3 heteroatoms. The van der Waals surface area contributed by atoms with Gasteiger partial charge < -0.3 is 5.32 Å². The Morgan fingerprint density at radius 2 is 1.35 bits per heavy atom. The molecule has 0 unspecified atom stereocenters. The van der Waals surface area contributed by atoms with Crippen molar-refractivity contribution in [3.8, 4) is 0 Å². The SMILES string of the molecule is Cc1ccccc1NC(=O)CN(C)C(c1ccccc1)c1ccccc1. The number of rotatable bonds is 6. The summed E-state index contributed by atoms with van der Waals surface area (Å²) in [7, 11) is 1.99. The standard InChI is InChI=1S/C23H24N2O/c1-18-11-9-10-16-21(18)24-22(26)17-25(2)23(19-12-5-3-6-13-19)20-14-7-4-8-15-20/h3-16,23H,17H2,1-2H3,(H,24,26). The van der Waals surface area contributed by atoms with E-state index in [1.165, 1.54) is 11.1 Å². The van der Waals surface area contributed by atoms with E-state index in [1.807, 2.05) is 74.6 Å². The molecule has 3 aromatic carbocycles. The lowest BCUT2D eigenvalue weighted by molar-refractivity contribution is -0.117. The van der Waals surface area contributed by atoms with Crippen LogP contribution in [0.25, 0.3) is 0 Å². The molecule has 0 heterocycles. The minimum absolute atomic E-state index is 0.0151. The Balaban J connectivity index is 1.79. The number of amides is 1. The van der Waals surface area contributed by atoms with Crippen molar-refractivity contribution < 1.29 is 4.79 Å². The Bertz CT molecular complexity index is 807. The number of carbonyl (C=O) groups is 1. The van der Waals surface area contributed by atoms with E-state index < -0.39 is 0 Å². The monoisotopic (exact) mass is 344 g/mol. The van der Waals surface area contributed by atoms with Crippen molar-refractivity contribution in [2.45, 2.75) is 13.0 Å². The van der Waals surface area contributed by atoms with E-state index in [1.54, 1.807) is 0 Å². The van der Waals surface area contributed by atoms with Crippen LogP contribution in [0.1, 0.15) is 22.7 Å². The fourth-order valence-corrected chi connectivity index (χ4v) is 3.19. The van der Waals surface area contributed by atoms with Crippen LogP contribution in [-0.4, -0.2) is 24.4 Å². The number of anilines is 1. The van der Waals surface area contributed by atoms with Gasteiger partial charge in [0, 0.05) is 5.69 Å².